The lowest BCUT2D eigenvalue weighted by atomic mass is 10.1. The molecule has 130 valence electrons. The normalized spacial score (nSPS) is 10.0. The van der Waals surface area contributed by atoms with E-state index in [9.17, 15) is 14.4 Å². The summed E-state index contributed by atoms with van der Waals surface area (Å²) in [4.78, 5) is 40.9. The van der Waals surface area contributed by atoms with Crippen LogP contribution in [0.1, 0.15) is 30.4 Å². The molecule has 1 aromatic carbocycles. The molecule has 3 aromatic rings. The van der Waals surface area contributed by atoms with Gasteiger partial charge in [-0.25, -0.2) is 0 Å². The fourth-order valence-electron chi connectivity index (χ4n) is 2.13. The van der Waals surface area contributed by atoms with E-state index in [1.807, 2.05) is 0 Å². The number of benzene rings is 1. The number of nitrogens with zero attached hydrogens (tertiary/aromatic N) is 1. The predicted molar refractivity (Wildman–Crippen MR) is 97.9 cm³/mol. The van der Waals surface area contributed by atoms with Gasteiger partial charge in [0.05, 0.1) is 21.7 Å². The van der Waals surface area contributed by atoms with Gasteiger partial charge in [-0.1, -0.05) is 18.2 Å². The Balaban J connectivity index is 1.68. The maximum Gasteiger partial charge on any atom is 0.271 e. The summed E-state index contributed by atoms with van der Waals surface area (Å²) >= 11 is 1.30. The zero-order valence-electron chi connectivity index (χ0n) is 13.4. The van der Waals surface area contributed by atoms with Crippen LogP contribution in [0.3, 0.4) is 0 Å². The second-order valence-corrected chi connectivity index (χ2v) is 6.07. The Morgan fingerprint density at radius 3 is 2.38 bits per heavy atom. The molecule has 3 rings (SSSR count). The summed E-state index contributed by atoms with van der Waals surface area (Å²) in [7, 11) is 0. The minimum atomic E-state index is -0.552. The highest BCUT2D eigenvalue weighted by molar-refractivity contribution is 7.12. The van der Waals surface area contributed by atoms with Gasteiger partial charge in [0.25, 0.3) is 17.7 Å². The Morgan fingerprint density at radius 2 is 1.65 bits per heavy atom. The largest absolute Gasteiger partial charge is 0.321 e. The van der Waals surface area contributed by atoms with Gasteiger partial charge in [-0.3, -0.25) is 30.2 Å². The van der Waals surface area contributed by atoms with Gasteiger partial charge in [0.15, 0.2) is 0 Å². The molecule has 0 aliphatic heterocycles. The van der Waals surface area contributed by atoms with Gasteiger partial charge < -0.3 is 5.32 Å². The smallest absolute Gasteiger partial charge is 0.271 e. The topological polar surface area (TPSA) is 100 Å². The lowest BCUT2D eigenvalue weighted by molar-refractivity contribution is 0.0846. The minimum Gasteiger partial charge on any atom is -0.321 e. The van der Waals surface area contributed by atoms with E-state index in [1.165, 1.54) is 17.5 Å². The molecule has 8 heteroatoms. The first-order chi connectivity index (χ1) is 12.6. The number of hydrogen-bond donors (Lipinski definition) is 3. The Labute approximate surface area is 153 Å². The number of hydrogen-bond acceptors (Lipinski definition) is 5. The first-order valence-electron chi connectivity index (χ1n) is 7.60. The molecule has 0 spiro atoms. The fraction of sp³-hybridized carbons (Fsp3) is 0. The average Bonchev–Trinajstić information content (AvgIpc) is 3.22. The van der Waals surface area contributed by atoms with Crippen molar-refractivity contribution in [2.45, 2.75) is 0 Å². The standard InChI is InChI=1S/C18H14N4O3S/c23-16(12-5-3-9-19-11-12)21-22-17(24)13-6-1-2-7-14(13)20-18(25)15-8-4-10-26-15/h1-11H,(H,20,25)(H,21,23)(H,22,24). The molecule has 0 atom stereocenters. The number of para-hydroxylation sites is 1. The van der Waals surface area contributed by atoms with Gasteiger partial charge in [-0.15, -0.1) is 11.3 Å². The Morgan fingerprint density at radius 1 is 0.846 bits per heavy atom. The number of pyridine rings is 1. The van der Waals surface area contributed by atoms with E-state index in [1.54, 1.807) is 60.1 Å². The van der Waals surface area contributed by atoms with Crippen LogP contribution in [-0.2, 0) is 0 Å². The van der Waals surface area contributed by atoms with Crippen LogP contribution in [0.25, 0.3) is 0 Å². The van der Waals surface area contributed by atoms with Gasteiger partial charge in [0, 0.05) is 12.4 Å². The van der Waals surface area contributed by atoms with Crippen molar-refractivity contribution in [3.05, 3.63) is 82.3 Å². The van der Waals surface area contributed by atoms with Crippen LogP contribution in [0.5, 0.6) is 0 Å². The molecular formula is C18H14N4O3S. The van der Waals surface area contributed by atoms with Crippen LogP contribution in [0.15, 0.2) is 66.3 Å². The Hall–Kier alpha value is -3.52. The molecule has 0 bridgehead atoms. The number of rotatable bonds is 4. The molecule has 7 nitrogen and oxygen atoms in total. The summed E-state index contributed by atoms with van der Waals surface area (Å²) in [5, 5.41) is 4.49. The third kappa shape index (κ3) is 4.11. The van der Waals surface area contributed by atoms with Crippen molar-refractivity contribution >= 4 is 34.7 Å². The molecule has 2 heterocycles. The number of thiophene rings is 1. The molecule has 3 N–H and O–H groups in total. The second kappa shape index (κ2) is 8.04. The summed E-state index contributed by atoms with van der Waals surface area (Å²) in [6, 6.07) is 13.2. The lowest BCUT2D eigenvalue weighted by Gasteiger charge is -2.11. The average molecular weight is 366 g/mol. The molecule has 0 aliphatic rings. The fourth-order valence-corrected chi connectivity index (χ4v) is 2.75. The van der Waals surface area contributed by atoms with Crippen molar-refractivity contribution in [1.29, 1.82) is 0 Å². The van der Waals surface area contributed by atoms with Crippen molar-refractivity contribution in [2.75, 3.05) is 5.32 Å². The predicted octanol–water partition coefficient (Wildman–Crippen LogP) is 2.47. The molecule has 2 aromatic heterocycles. The van der Waals surface area contributed by atoms with E-state index >= 15 is 0 Å². The molecule has 0 radical (unpaired) electrons. The van der Waals surface area contributed by atoms with E-state index in [2.05, 4.69) is 21.2 Å². The molecule has 26 heavy (non-hydrogen) atoms. The molecule has 0 saturated carbocycles. The first kappa shape index (κ1) is 17.3. The zero-order valence-corrected chi connectivity index (χ0v) is 14.2. The summed E-state index contributed by atoms with van der Waals surface area (Å²) in [5.74, 6) is -1.35. The summed E-state index contributed by atoms with van der Waals surface area (Å²) in [6.07, 6.45) is 2.93. The number of hydrazine groups is 1. The van der Waals surface area contributed by atoms with Crippen LogP contribution >= 0.6 is 11.3 Å². The zero-order chi connectivity index (χ0) is 18.4. The van der Waals surface area contributed by atoms with Crippen molar-refractivity contribution < 1.29 is 14.4 Å². The summed E-state index contributed by atoms with van der Waals surface area (Å²) in [6.45, 7) is 0. The van der Waals surface area contributed by atoms with Crippen LogP contribution in [0.4, 0.5) is 5.69 Å². The van der Waals surface area contributed by atoms with Crippen molar-refractivity contribution in [3.63, 3.8) is 0 Å². The quantitative estimate of drug-likeness (QED) is 0.618. The Bertz CT molecular complexity index is 927. The number of carbonyl (C=O) groups is 3. The van der Waals surface area contributed by atoms with Crippen LogP contribution in [-0.4, -0.2) is 22.7 Å². The Kier molecular flexibility index (Phi) is 5.35. The van der Waals surface area contributed by atoms with Crippen molar-refractivity contribution in [1.82, 2.24) is 15.8 Å². The van der Waals surface area contributed by atoms with E-state index in [-0.39, 0.29) is 11.5 Å². The van der Waals surface area contributed by atoms with Gasteiger partial charge >= 0.3 is 0 Å². The SMILES string of the molecule is O=C(NNC(=O)c1ccccc1NC(=O)c1cccs1)c1cccnc1. The monoisotopic (exact) mass is 366 g/mol. The number of aromatic nitrogens is 1. The number of carbonyl (C=O) groups excluding carboxylic acids is 3. The van der Waals surface area contributed by atoms with E-state index in [0.29, 0.717) is 16.1 Å². The lowest BCUT2D eigenvalue weighted by Crippen LogP contribution is -2.42. The summed E-state index contributed by atoms with van der Waals surface area (Å²) in [5.41, 5.74) is 5.53. The van der Waals surface area contributed by atoms with Crippen LogP contribution in [0, 0.1) is 0 Å². The molecule has 0 aliphatic carbocycles. The molecule has 3 amide bonds. The second-order valence-electron chi connectivity index (χ2n) is 5.13. The first-order valence-corrected chi connectivity index (χ1v) is 8.47. The van der Waals surface area contributed by atoms with Gasteiger partial charge in [0.2, 0.25) is 0 Å². The highest BCUT2D eigenvalue weighted by atomic mass is 32.1. The van der Waals surface area contributed by atoms with E-state index in [4.69, 9.17) is 0 Å². The number of nitrogens with one attached hydrogen (secondary N) is 3. The van der Waals surface area contributed by atoms with Crippen LogP contribution < -0.4 is 16.2 Å². The van der Waals surface area contributed by atoms with Crippen LogP contribution in [0.2, 0.25) is 0 Å². The van der Waals surface area contributed by atoms with Crippen molar-refractivity contribution in [2.24, 2.45) is 0 Å². The molecule has 0 fully saturated rings. The highest BCUT2D eigenvalue weighted by Gasteiger charge is 2.15. The molecule has 0 saturated heterocycles. The van der Waals surface area contributed by atoms with E-state index in [0.717, 1.165) is 0 Å². The highest BCUT2D eigenvalue weighted by Crippen LogP contribution is 2.17. The van der Waals surface area contributed by atoms with Gasteiger partial charge in [-0.2, -0.15) is 0 Å². The number of anilines is 1. The summed E-state index contributed by atoms with van der Waals surface area (Å²) < 4.78 is 0. The third-order valence-electron chi connectivity index (χ3n) is 3.38. The third-order valence-corrected chi connectivity index (χ3v) is 4.25. The van der Waals surface area contributed by atoms with Gasteiger partial charge in [-0.05, 0) is 35.7 Å². The number of amides is 3. The maximum absolute atomic E-state index is 12.4. The van der Waals surface area contributed by atoms with Gasteiger partial charge in [0.1, 0.15) is 0 Å². The van der Waals surface area contributed by atoms with E-state index < -0.39 is 11.8 Å². The van der Waals surface area contributed by atoms with Crippen molar-refractivity contribution in [3.8, 4) is 0 Å². The minimum absolute atomic E-state index is 0.226. The molecular weight excluding hydrogens is 352 g/mol. The maximum atomic E-state index is 12.4. The molecule has 0 unspecified atom stereocenters.